The number of nitriles is 1. The molecule has 0 aromatic heterocycles. The van der Waals surface area contributed by atoms with Crippen LogP contribution in [0.3, 0.4) is 0 Å². The Morgan fingerprint density at radius 2 is 2.06 bits per heavy atom. The summed E-state index contributed by atoms with van der Waals surface area (Å²) in [6.07, 6.45) is 9.73. The average molecular weight is 223 g/mol. The smallest absolute Gasteiger partial charge is 0.0994 e. The van der Waals surface area contributed by atoms with Gasteiger partial charge in [-0.25, -0.2) is 0 Å². The first-order valence-electron chi connectivity index (χ1n) is 6.08. The molecule has 17 heavy (non-hydrogen) atoms. The molecule has 0 radical (unpaired) electrons. The van der Waals surface area contributed by atoms with E-state index in [9.17, 15) is 5.26 Å². The maximum absolute atomic E-state index is 9.23. The Labute approximate surface area is 103 Å². The first-order valence-corrected chi connectivity index (χ1v) is 6.08. The lowest BCUT2D eigenvalue weighted by Crippen LogP contribution is -2.30. The fourth-order valence-corrected chi connectivity index (χ4v) is 2.68. The van der Waals surface area contributed by atoms with Crippen LogP contribution in [-0.2, 0) is 5.41 Å². The van der Waals surface area contributed by atoms with Crippen LogP contribution in [0.1, 0.15) is 31.4 Å². The molecule has 0 heterocycles. The van der Waals surface area contributed by atoms with Crippen molar-refractivity contribution in [1.82, 2.24) is 0 Å². The van der Waals surface area contributed by atoms with Crippen molar-refractivity contribution in [3.63, 3.8) is 0 Å². The second-order valence-electron chi connectivity index (χ2n) is 4.70. The molecular formula is C16H17N. The van der Waals surface area contributed by atoms with Gasteiger partial charge in [0.25, 0.3) is 0 Å². The monoisotopic (exact) mass is 223 g/mol. The summed E-state index contributed by atoms with van der Waals surface area (Å²) in [5.74, 6) is 0.460. The van der Waals surface area contributed by atoms with Gasteiger partial charge in [0.2, 0.25) is 0 Å². The van der Waals surface area contributed by atoms with Crippen LogP contribution in [0.5, 0.6) is 0 Å². The standard InChI is InChI=1S/C16H17N/c1-3-14-9-6-7-11-16(14,2)15-10-5-4-8-13(15)12-17/h4-11,14H,3H2,1-2H3. The first-order chi connectivity index (χ1) is 8.22. The van der Waals surface area contributed by atoms with E-state index in [1.807, 2.05) is 18.2 Å². The molecule has 0 aliphatic heterocycles. The minimum Gasteiger partial charge on any atom is -0.192 e. The molecular weight excluding hydrogens is 206 g/mol. The van der Waals surface area contributed by atoms with Gasteiger partial charge >= 0.3 is 0 Å². The molecule has 2 atom stereocenters. The summed E-state index contributed by atoms with van der Waals surface area (Å²) in [5.41, 5.74) is 1.86. The van der Waals surface area contributed by atoms with Crippen LogP contribution in [0.4, 0.5) is 0 Å². The van der Waals surface area contributed by atoms with Gasteiger partial charge in [-0.1, -0.05) is 56.4 Å². The summed E-state index contributed by atoms with van der Waals surface area (Å²) in [4.78, 5) is 0. The van der Waals surface area contributed by atoms with Crippen molar-refractivity contribution in [2.75, 3.05) is 0 Å². The SMILES string of the molecule is CCC1C=CC=CC1(C)c1ccccc1C#N. The lowest BCUT2D eigenvalue weighted by atomic mass is 9.67. The quantitative estimate of drug-likeness (QED) is 0.744. The number of hydrogen-bond acceptors (Lipinski definition) is 1. The highest BCUT2D eigenvalue weighted by atomic mass is 14.4. The van der Waals surface area contributed by atoms with E-state index in [-0.39, 0.29) is 5.41 Å². The van der Waals surface area contributed by atoms with Gasteiger partial charge in [-0.2, -0.15) is 5.26 Å². The van der Waals surface area contributed by atoms with Crippen molar-refractivity contribution >= 4 is 0 Å². The Morgan fingerprint density at radius 1 is 1.29 bits per heavy atom. The third-order valence-electron chi connectivity index (χ3n) is 3.73. The molecule has 1 heteroatoms. The second kappa shape index (κ2) is 4.59. The third-order valence-corrected chi connectivity index (χ3v) is 3.73. The molecule has 1 aliphatic carbocycles. The van der Waals surface area contributed by atoms with Gasteiger partial charge < -0.3 is 0 Å². The lowest BCUT2D eigenvalue weighted by molar-refractivity contribution is 0.413. The van der Waals surface area contributed by atoms with Gasteiger partial charge in [0.15, 0.2) is 0 Å². The van der Waals surface area contributed by atoms with Crippen LogP contribution in [0.25, 0.3) is 0 Å². The van der Waals surface area contributed by atoms with Gasteiger partial charge in [-0.3, -0.25) is 0 Å². The molecule has 1 aliphatic rings. The van der Waals surface area contributed by atoms with Crippen molar-refractivity contribution in [2.45, 2.75) is 25.7 Å². The molecule has 1 aromatic carbocycles. The summed E-state index contributed by atoms with van der Waals surface area (Å²) < 4.78 is 0. The van der Waals surface area contributed by atoms with Crippen LogP contribution >= 0.6 is 0 Å². The highest BCUT2D eigenvalue weighted by Gasteiger charge is 2.33. The van der Waals surface area contributed by atoms with E-state index in [1.165, 1.54) is 0 Å². The summed E-state index contributed by atoms with van der Waals surface area (Å²) in [6, 6.07) is 10.2. The molecule has 0 fully saturated rings. The molecule has 0 spiro atoms. The second-order valence-corrected chi connectivity index (χ2v) is 4.70. The Bertz CT molecular complexity index is 505. The van der Waals surface area contributed by atoms with E-state index in [1.54, 1.807) is 0 Å². The average Bonchev–Trinajstić information content (AvgIpc) is 2.39. The fourth-order valence-electron chi connectivity index (χ4n) is 2.68. The van der Waals surface area contributed by atoms with Crippen molar-refractivity contribution < 1.29 is 0 Å². The van der Waals surface area contributed by atoms with E-state index in [0.717, 1.165) is 17.5 Å². The van der Waals surface area contributed by atoms with Crippen molar-refractivity contribution in [1.29, 1.82) is 5.26 Å². The van der Waals surface area contributed by atoms with Crippen LogP contribution in [-0.4, -0.2) is 0 Å². The van der Waals surface area contributed by atoms with Gasteiger partial charge in [0.05, 0.1) is 11.6 Å². The summed E-state index contributed by atoms with van der Waals surface area (Å²) >= 11 is 0. The zero-order valence-electron chi connectivity index (χ0n) is 10.4. The van der Waals surface area contributed by atoms with Crippen LogP contribution in [0.2, 0.25) is 0 Å². The Morgan fingerprint density at radius 3 is 2.76 bits per heavy atom. The van der Waals surface area contributed by atoms with E-state index < -0.39 is 0 Å². The zero-order valence-corrected chi connectivity index (χ0v) is 10.4. The molecule has 2 unspecified atom stereocenters. The van der Waals surface area contributed by atoms with E-state index >= 15 is 0 Å². The highest BCUT2D eigenvalue weighted by Crippen LogP contribution is 2.40. The maximum Gasteiger partial charge on any atom is 0.0994 e. The van der Waals surface area contributed by atoms with Crippen LogP contribution < -0.4 is 0 Å². The number of hydrogen-bond donors (Lipinski definition) is 0. The van der Waals surface area contributed by atoms with E-state index in [0.29, 0.717) is 5.92 Å². The van der Waals surface area contributed by atoms with Crippen molar-refractivity contribution in [3.05, 3.63) is 59.7 Å². The third kappa shape index (κ3) is 1.91. The molecule has 1 aromatic rings. The molecule has 1 nitrogen and oxygen atoms in total. The summed E-state index contributed by atoms with van der Waals surface area (Å²) in [7, 11) is 0. The molecule has 0 bridgehead atoms. The van der Waals surface area contributed by atoms with Gasteiger partial charge in [-0.05, 0) is 24.0 Å². The molecule has 0 saturated carbocycles. The predicted octanol–water partition coefficient (Wildman–Crippen LogP) is 3.97. The summed E-state index contributed by atoms with van der Waals surface area (Å²) in [6.45, 7) is 4.42. The van der Waals surface area contributed by atoms with Crippen molar-refractivity contribution in [2.24, 2.45) is 5.92 Å². The van der Waals surface area contributed by atoms with Gasteiger partial charge in [0, 0.05) is 5.41 Å². The zero-order chi connectivity index (χ0) is 12.3. The van der Waals surface area contributed by atoms with Crippen LogP contribution in [0, 0.1) is 17.2 Å². The lowest BCUT2D eigenvalue weighted by Gasteiger charge is -2.36. The maximum atomic E-state index is 9.23. The number of rotatable bonds is 2. The largest absolute Gasteiger partial charge is 0.192 e. The Balaban J connectivity index is 2.55. The Hall–Kier alpha value is -1.81. The van der Waals surface area contributed by atoms with Crippen LogP contribution in [0.15, 0.2) is 48.6 Å². The summed E-state index contributed by atoms with van der Waals surface area (Å²) in [5, 5.41) is 9.23. The normalized spacial score (nSPS) is 26.8. The number of benzene rings is 1. The predicted molar refractivity (Wildman–Crippen MR) is 70.6 cm³/mol. The van der Waals surface area contributed by atoms with E-state index in [4.69, 9.17) is 0 Å². The van der Waals surface area contributed by atoms with E-state index in [2.05, 4.69) is 50.3 Å². The Kier molecular flexibility index (Phi) is 3.15. The molecule has 86 valence electrons. The minimum absolute atomic E-state index is 0.0597. The number of allylic oxidation sites excluding steroid dienone is 4. The van der Waals surface area contributed by atoms with Crippen molar-refractivity contribution in [3.8, 4) is 6.07 Å². The highest BCUT2D eigenvalue weighted by molar-refractivity contribution is 5.47. The molecule has 0 amide bonds. The molecule has 2 rings (SSSR count). The molecule has 0 saturated heterocycles. The fraction of sp³-hybridized carbons (Fsp3) is 0.312. The number of nitrogens with zero attached hydrogens (tertiary/aromatic N) is 1. The minimum atomic E-state index is -0.0597. The van der Waals surface area contributed by atoms with Gasteiger partial charge in [0.1, 0.15) is 0 Å². The topological polar surface area (TPSA) is 23.8 Å². The first kappa shape index (κ1) is 11.7. The van der Waals surface area contributed by atoms with Gasteiger partial charge in [-0.15, -0.1) is 0 Å². The molecule has 0 N–H and O–H groups in total.